The molecule has 2 fully saturated rings. The lowest BCUT2D eigenvalue weighted by molar-refractivity contribution is 0.0774. The van der Waals surface area contributed by atoms with E-state index in [2.05, 4.69) is 0 Å². The highest BCUT2D eigenvalue weighted by Gasteiger charge is 2.42. The van der Waals surface area contributed by atoms with Crippen LogP contribution >= 0.6 is 11.6 Å². The summed E-state index contributed by atoms with van der Waals surface area (Å²) in [5.41, 5.74) is 7.83. The summed E-state index contributed by atoms with van der Waals surface area (Å²) in [5, 5.41) is 0.696. The Labute approximate surface area is 158 Å². The fraction of sp³-hybridized carbons (Fsp3) is 0.381. The van der Waals surface area contributed by atoms with Crippen molar-refractivity contribution in [3.05, 3.63) is 64.7 Å². The zero-order valence-electron chi connectivity index (χ0n) is 14.6. The largest absolute Gasteiger partial charge is 0.488 e. The van der Waals surface area contributed by atoms with Gasteiger partial charge in [-0.25, -0.2) is 0 Å². The van der Waals surface area contributed by atoms with Crippen LogP contribution in [-0.2, 0) is 6.61 Å². The quantitative estimate of drug-likeness (QED) is 0.892. The number of fused-ring (bicyclic) bond motifs is 1. The Morgan fingerprint density at radius 1 is 1.12 bits per heavy atom. The van der Waals surface area contributed by atoms with E-state index in [-0.39, 0.29) is 11.9 Å². The molecule has 0 bridgehead atoms. The second-order valence-electron chi connectivity index (χ2n) is 7.29. The highest BCUT2D eigenvalue weighted by atomic mass is 35.5. The van der Waals surface area contributed by atoms with Gasteiger partial charge in [0, 0.05) is 24.2 Å². The van der Waals surface area contributed by atoms with Crippen molar-refractivity contribution in [2.24, 2.45) is 17.6 Å². The number of nitrogens with two attached hydrogens (primary N) is 1. The van der Waals surface area contributed by atoms with Crippen molar-refractivity contribution in [2.45, 2.75) is 25.5 Å². The van der Waals surface area contributed by atoms with Crippen LogP contribution in [0.1, 0.15) is 28.8 Å². The topological polar surface area (TPSA) is 55.6 Å². The Balaban J connectivity index is 1.47. The number of rotatable bonds is 4. The lowest BCUT2D eigenvalue weighted by atomic mass is 9.98. The molecule has 2 N–H and O–H groups in total. The summed E-state index contributed by atoms with van der Waals surface area (Å²) in [6.45, 7) is 1.97. The normalized spacial score (nSPS) is 24.5. The first-order chi connectivity index (χ1) is 12.6. The molecule has 0 aromatic heterocycles. The lowest BCUT2D eigenvalue weighted by Crippen LogP contribution is -2.33. The van der Waals surface area contributed by atoms with Gasteiger partial charge in [-0.1, -0.05) is 35.9 Å². The molecular weight excluding hydrogens is 348 g/mol. The molecule has 0 radical (unpaired) electrons. The van der Waals surface area contributed by atoms with Gasteiger partial charge in [0.1, 0.15) is 12.4 Å². The second kappa shape index (κ2) is 7.29. The van der Waals surface area contributed by atoms with Crippen LogP contribution < -0.4 is 10.5 Å². The van der Waals surface area contributed by atoms with Gasteiger partial charge in [-0.05, 0) is 54.5 Å². The Morgan fingerprint density at radius 3 is 2.65 bits per heavy atom. The first-order valence-corrected chi connectivity index (χ1v) is 9.51. The number of nitrogens with zero attached hydrogens (tertiary/aromatic N) is 1. The lowest BCUT2D eigenvalue weighted by Gasteiger charge is -2.20. The second-order valence-corrected chi connectivity index (χ2v) is 7.72. The molecule has 1 amide bonds. The van der Waals surface area contributed by atoms with Crippen molar-refractivity contribution in [3.8, 4) is 5.75 Å². The van der Waals surface area contributed by atoms with Crippen molar-refractivity contribution in [1.82, 2.24) is 4.90 Å². The van der Waals surface area contributed by atoms with Crippen LogP contribution in [0, 0.1) is 11.8 Å². The minimum atomic E-state index is 0.0401. The van der Waals surface area contributed by atoms with E-state index in [0.717, 1.165) is 31.5 Å². The molecule has 1 saturated carbocycles. The maximum Gasteiger partial charge on any atom is 0.257 e. The third-order valence-corrected chi connectivity index (χ3v) is 5.88. The summed E-state index contributed by atoms with van der Waals surface area (Å²) < 4.78 is 5.94. The summed E-state index contributed by atoms with van der Waals surface area (Å²) in [7, 11) is 0. The van der Waals surface area contributed by atoms with E-state index >= 15 is 0 Å². The molecule has 0 spiro atoms. The van der Waals surface area contributed by atoms with Gasteiger partial charge in [0.25, 0.3) is 5.91 Å². The van der Waals surface area contributed by atoms with Gasteiger partial charge in [-0.2, -0.15) is 0 Å². The van der Waals surface area contributed by atoms with E-state index in [9.17, 15) is 4.79 Å². The van der Waals surface area contributed by atoms with Crippen molar-refractivity contribution in [1.29, 1.82) is 0 Å². The molecule has 5 heteroatoms. The monoisotopic (exact) mass is 370 g/mol. The van der Waals surface area contributed by atoms with E-state index < -0.39 is 0 Å². The van der Waals surface area contributed by atoms with Crippen LogP contribution in [0.2, 0.25) is 5.02 Å². The molecule has 1 saturated heterocycles. The first kappa shape index (κ1) is 17.4. The van der Waals surface area contributed by atoms with Gasteiger partial charge in [0.05, 0.1) is 5.56 Å². The summed E-state index contributed by atoms with van der Waals surface area (Å²) in [6.07, 6.45) is 2.21. The molecule has 26 heavy (non-hydrogen) atoms. The molecule has 2 aromatic carbocycles. The number of carbonyl (C=O) groups is 1. The fourth-order valence-corrected chi connectivity index (χ4v) is 4.28. The van der Waals surface area contributed by atoms with Gasteiger partial charge in [-0.15, -0.1) is 0 Å². The Bertz CT molecular complexity index is 793. The molecular formula is C21H23ClN2O2. The van der Waals surface area contributed by atoms with E-state index in [0.29, 0.717) is 34.8 Å². The molecule has 3 atom stereocenters. The SMILES string of the molecule is NC1CCC2CN(C(=O)c3ccccc3OCc3ccc(Cl)cc3)CC12. The molecule has 2 aromatic rings. The summed E-state index contributed by atoms with van der Waals surface area (Å²) in [4.78, 5) is 15.0. The minimum absolute atomic E-state index is 0.0401. The minimum Gasteiger partial charge on any atom is -0.488 e. The summed E-state index contributed by atoms with van der Waals surface area (Å²) >= 11 is 5.92. The Hall–Kier alpha value is -2.04. The van der Waals surface area contributed by atoms with Crippen molar-refractivity contribution < 1.29 is 9.53 Å². The Morgan fingerprint density at radius 2 is 1.88 bits per heavy atom. The van der Waals surface area contributed by atoms with Gasteiger partial charge in [-0.3, -0.25) is 4.79 Å². The molecule has 1 heterocycles. The number of hydrogen-bond donors (Lipinski definition) is 1. The maximum atomic E-state index is 13.0. The molecule has 2 aliphatic rings. The van der Waals surface area contributed by atoms with Crippen LogP contribution in [0.25, 0.3) is 0 Å². The van der Waals surface area contributed by atoms with E-state index in [1.165, 1.54) is 0 Å². The average Bonchev–Trinajstić information content (AvgIpc) is 3.23. The third-order valence-electron chi connectivity index (χ3n) is 5.62. The predicted octanol–water partition coefficient (Wildman–Crippen LogP) is 3.73. The Kier molecular flexibility index (Phi) is 4.88. The van der Waals surface area contributed by atoms with Crippen LogP contribution in [-0.4, -0.2) is 29.9 Å². The zero-order chi connectivity index (χ0) is 18.1. The molecule has 1 aliphatic heterocycles. The van der Waals surface area contributed by atoms with Crippen LogP contribution in [0.4, 0.5) is 0 Å². The van der Waals surface area contributed by atoms with Crippen molar-refractivity contribution in [2.75, 3.05) is 13.1 Å². The zero-order valence-corrected chi connectivity index (χ0v) is 15.4. The van der Waals surface area contributed by atoms with Gasteiger partial charge >= 0.3 is 0 Å². The van der Waals surface area contributed by atoms with Crippen LogP contribution in [0.3, 0.4) is 0 Å². The highest BCUT2D eigenvalue weighted by molar-refractivity contribution is 6.30. The van der Waals surface area contributed by atoms with Crippen LogP contribution in [0.15, 0.2) is 48.5 Å². The molecule has 4 rings (SSSR count). The van der Waals surface area contributed by atoms with E-state index in [1.807, 2.05) is 53.4 Å². The smallest absolute Gasteiger partial charge is 0.257 e. The number of ether oxygens (including phenoxy) is 1. The maximum absolute atomic E-state index is 13.0. The number of carbonyl (C=O) groups excluding carboxylic acids is 1. The number of hydrogen-bond acceptors (Lipinski definition) is 3. The van der Waals surface area contributed by atoms with Crippen molar-refractivity contribution in [3.63, 3.8) is 0 Å². The number of amides is 1. The number of benzene rings is 2. The number of likely N-dealkylation sites (tertiary alicyclic amines) is 1. The third kappa shape index (κ3) is 3.44. The number of para-hydroxylation sites is 1. The average molecular weight is 371 g/mol. The first-order valence-electron chi connectivity index (χ1n) is 9.13. The summed E-state index contributed by atoms with van der Waals surface area (Å²) in [5.74, 6) is 1.66. The number of halogens is 1. The predicted molar refractivity (Wildman–Crippen MR) is 102 cm³/mol. The summed E-state index contributed by atoms with van der Waals surface area (Å²) in [6, 6.07) is 15.2. The molecule has 3 unspecified atom stereocenters. The van der Waals surface area contributed by atoms with E-state index in [4.69, 9.17) is 22.1 Å². The standard InChI is InChI=1S/C21H23ClN2O2/c22-16-8-5-14(6-9-16)13-26-20-4-2-1-3-17(20)21(25)24-11-15-7-10-19(23)18(15)12-24/h1-6,8-9,15,18-19H,7,10-13,23H2. The van der Waals surface area contributed by atoms with E-state index in [1.54, 1.807) is 0 Å². The van der Waals surface area contributed by atoms with Gasteiger partial charge in [0.2, 0.25) is 0 Å². The van der Waals surface area contributed by atoms with Gasteiger partial charge < -0.3 is 15.4 Å². The fourth-order valence-electron chi connectivity index (χ4n) is 4.15. The molecule has 1 aliphatic carbocycles. The molecule has 4 nitrogen and oxygen atoms in total. The van der Waals surface area contributed by atoms with Crippen LogP contribution in [0.5, 0.6) is 5.75 Å². The highest BCUT2D eigenvalue weighted by Crippen LogP contribution is 2.38. The molecule has 136 valence electrons. The van der Waals surface area contributed by atoms with Crippen molar-refractivity contribution >= 4 is 17.5 Å². The van der Waals surface area contributed by atoms with Gasteiger partial charge in [0.15, 0.2) is 0 Å².